The van der Waals surface area contributed by atoms with E-state index in [1.54, 1.807) is 6.08 Å². The van der Waals surface area contributed by atoms with Gasteiger partial charge in [0.05, 0.1) is 6.61 Å². The van der Waals surface area contributed by atoms with Crippen LogP contribution < -0.4 is 5.32 Å². The summed E-state index contributed by atoms with van der Waals surface area (Å²) in [6, 6.07) is 0. The van der Waals surface area contributed by atoms with Crippen LogP contribution in [0.2, 0.25) is 0 Å². The van der Waals surface area contributed by atoms with Gasteiger partial charge >= 0.3 is 6.18 Å². The Hall–Kier alpha value is -0.550. The van der Waals surface area contributed by atoms with Crippen molar-refractivity contribution in [1.29, 1.82) is 0 Å². The van der Waals surface area contributed by atoms with E-state index >= 15 is 0 Å². The second-order valence-corrected chi connectivity index (χ2v) is 2.82. The van der Waals surface area contributed by atoms with Crippen LogP contribution in [-0.4, -0.2) is 32.5 Å². The Kier molecular flexibility index (Phi) is 7.51. The Bertz CT molecular complexity index is 147. The van der Waals surface area contributed by atoms with Crippen molar-refractivity contribution < 1.29 is 17.9 Å². The second-order valence-electron chi connectivity index (χ2n) is 2.82. The molecule has 0 aromatic heterocycles. The average molecular weight is 211 g/mol. The maximum atomic E-state index is 11.7. The van der Waals surface area contributed by atoms with Gasteiger partial charge in [0.1, 0.15) is 0 Å². The predicted octanol–water partition coefficient (Wildman–Crippen LogP) is 2.12. The van der Waals surface area contributed by atoms with E-state index in [1.165, 1.54) is 0 Å². The van der Waals surface area contributed by atoms with Gasteiger partial charge in [-0.25, -0.2) is 0 Å². The summed E-state index contributed by atoms with van der Waals surface area (Å²) in [6.45, 7) is 5.43. The van der Waals surface area contributed by atoms with E-state index in [0.717, 1.165) is 0 Å². The Morgan fingerprint density at radius 1 is 1.29 bits per heavy atom. The van der Waals surface area contributed by atoms with Gasteiger partial charge in [-0.15, -0.1) is 6.58 Å². The van der Waals surface area contributed by atoms with E-state index in [-0.39, 0.29) is 13.0 Å². The van der Waals surface area contributed by atoms with Crippen LogP contribution in [0.25, 0.3) is 0 Å². The quantitative estimate of drug-likeness (QED) is 0.490. The fourth-order valence-corrected chi connectivity index (χ4v) is 0.825. The summed E-state index contributed by atoms with van der Waals surface area (Å²) in [4.78, 5) is 0. The predicted molar refractivity (Wildman–Crippen MR) is 49.2 cm³/mol. The van der Waals surface area contributed by atoms with Crippen molar-refractivity contribution in [2.75, 3.05) is 26.3 Å². The molecule has 0 saturated carbocycles. The molecule has 0 rings (SSSR count). The van der Waals surface area contributed by atoms with Crippen LogP contribution in [0.3, 0.4) is 0 Å². The first-order chi connectivity index (χ1) is 6.56. The van der Waals surface area contributed by atoms with E-state index in [1.807, 2.05) is 0 Å². The van der Waals surface area contributed by atoms with Crippen LogP contribution in [-0.2, 0) is 4.74 Å². The van der Waals surface area contributed by atoms with Crippen LogP contribution in [0.5, 0.6) is 0 Å². The van der Waals surface area contributed by atoms with Gasteiger partial charge in [-0.05, 0) is 6.42 Å². The number of nitrogens with one attached hydrogen (secondary N) is 1. The average Bonchev–Trinajstić information content (AvgIpc) is 2.08. The lowest BCUT2D eigenvalue weighted by Gasteiger charge is -2.06. The molecule has 84 valence electrons. The normalized spacial score (nSPS) is 11.6. The minimum Gasteiger partial charge on any atom is -0.380 e. The molecule has 1 N–H and O–H groups in total. The number of halogens is 3. The summed E-state index contributed by atoms with van der Waals surface area (Å²) in [7, 11) is 0. The summed E-state index contributed by atoms with van der Waals surface area (Å²) in [5.74, 6) is 0. The third kappa shape index (κ3) is 11.4. The molecular weight excluding hydrogens is 195 g/mol. The van der Waals surface area contributed by atoms with Gasteiger partial charge in [-0.2, -0.15) is 13.2 Å². The number of hydrogen-bond donors (Lipinski definition) is 1. The fraction of sp³-hybridized carbons (Fsp3) is 0.778. The zero-order chi connectivity index (χ0) is 10.9. The molecule has 0 aliphatic heterocycles. The van der Waals surface area contributed by atoms with Crippen LogP contribution >= 0.6 is 0 Å². The molecule has 0 bridgehead atoms. The summed E-state index contributed by atoms with van der Waals surface area (Å²) in [5, 5.41) is 2.98. The SMILES string of the molecule is C=CCNCCOCCCC(F)(F)F. The molecule has 0 radical (unpaired) electrons. The molecule has 0 saturated heterocycles. The topological polar surface area (TPSA) is 21.3 Å². The van der Waals surface area contributed by atoms with Crippen molar-refractivity contribution in [3.63, 3.8) is 0 Å². The highest BCUT2D eigenvalue weighted by molar-refractivity contribution is 4.68. The summed E-state index contributed by atoms with van der Waals surface area (Å²) in [6.07, 6.45) is -3.09. The molecule has 0 amide bonds. The minimum absolute atomic E-state index is 0.0327. The lowest BCUT2D eigenvalue weighted by molar-refractivity contribution is -0.137. The van der Waals surface area contributed by atoms with Gasteiger partial charge in [0.15, 0.2) is 0 Å². The minimum atomic E-state index is -4.07. The lowest BCUT2D eigenvalue weighted by Crippen LogP contribution is -2.20. The van der Waals surface area contributed by atoms with E-state index in [0.29, 0.717) is 19.7 Å². The van der Waals surface area contributed by atoms with Crippen LogP contribution in [0, 0.1) is 0 Å². The summed E-state index contributed by atoms with van der Waals surface area (Å²) < 4.78 is 39.9. The molecule has 2 nitrogen and oxygen atoms in total. The molecular formula is C9H16F3NO. The van der Waals surface area contributed by atoms with Crippen LogP contribution in [0.4, 0.5) is 13.2 Å². The molecule has 0 aromatic rings. The molecule has 0 heterocycles. The third-order valence-electron chi connectivity index (χ3n) is 1.46. The van der Waals surface area contributed by atoms with Gasteiger partial charge in [0.2, 0.25) is 0 Å². The van der Waals surface area contributed by atoms with Crippen molar-refractivity contribution in [2.45, 2.75) is 19.0 Å². The van der Waals surface area contributed by atoms with Crippen molar-refractivity contribution in [3.05, 3.63) is 12.7 Å². The zero-order valence-corrected chi connectivity index (χ0v) is 8.07. The monoisotopic (exact) mass is 211 g/mol. The van der Waals surface area contributed by atoms with E-state index < -0.39 is 12.6 Å². The highest BCUT2D eigenvalue weighted by Gasteiger charge is 2.25. The van der Waals surface area contributed by atoms with Crippen molar-refractivity contribution in [3.8, 4) is 0 Å². The molecule has 0 aliphatic carbocycles. The number of rotatable bonds is 8. The molecule has 0 aliphatic rings. The molecule has 0 spiro atoms. The Morgan fingerprint density at radius 3 is 2.57 bits per heavy atom. The first kappa shape index (κ1) is 13.4. The molecule has 14 heavy (non-hydrogen) atoms. The number of alkyl halides is 3. The molecule has 0 atom stereocenters. The molecule has 5 heteroatoms. The standard InChI is InChI=1S/C9H16F3NO/c1-2-5-13-6-8-14-7-3-4-9(10,11)12/h2,13H,1,3-8H2. The van der Waals surface area contributed by atoms with Gasteiger partial charge < -0.3 is 10.1 Å². The number of ether oxygens (including phenoxy) is 1. The van der Waals surface area contributed by atoms with Crippen LogP contribution in [0.15, 0.2) is 12.7 Å². The fourth-order valence-electron chi connectivity index (χ4n) is 0.825. The lowest BCUT2D eigenvalue weighted by atomic mass is 10.3. The highest BCUT2D eigenvalue weighted by atomic mass is 19.4. The van der Waals surface area contributed by atoms with Gasteiger partial charge in [-0.3, -0.25) is 0 Å². The summed E-state index contributed by atoms with van der Waals surface area (Å²) in [5.41, 5.74) is 0. The molecule has 0 unspecified atom stereocenters. The number of hydrogen-bond acceptors (Lipinski definition) is 2. The Balaban J connectivity index is 3.03. The maximum absolute atomic E-state index is 11.7. The first-order valence-corrected chi connectivity index (χ1v) is 4.52. The second kappa shape index (κ2) is 7.82. The van der Waals surface area contributed by atoms with Gasteiger partial charge in [0, 0.05) is 26.1 Å². The van der Waals surface area contributed by atoms with E-state index in [4.69, 9.17) is 4.74 Å². The van der Waals surface area contributed by atoms with Gasteiger partial charge in [0.25, 0.3) is 0 Å². The van der Waals surface area contributed by atoms with E-state index in [9.17, 15) is 13.2 Å². The third-order valence-corrected chi connectivity index (χ3v) is 1.46. The van der Waals surface area contributed by atoms with Crippen molar-refractivity contribution >= 4 is 0 Å². The Morgan fingerprint density at radius 2 is 2.00 bits per heavy atom. The summed E-state index contributed by atoms with van der Waals surface area (Å²) >= 11 is 0. The van der Waals surface area contributed by atoms with E-state index in [2.05, 4.69) is 11.9 Å². The first-order valence-electron chi connectivity index (χ1n) is 4.52. The van der Waals surface area contributed by atoms with Gasteiger partial charge in [-0.1, -0.05) is 6.08 Å². The smallest absolute Gasteiger partial charge is 0.380 e. The Labute approximate surface area is 82.1 Å². The van der Waals surface area contributed by atoms with Crippen molar-refractivity contribution in [1.82, 2.24) is 5.32 Å². The highest BCUT2D eigenvalue weighted by Crippen LogP contribution is 2.20. The zero-order valence-electron chi connectivity index (χ0n) is 8.07. The van der Waals surface area contributed by atoms with Crippen LogP contribution in [0.1, 0.15) is 12.8 Å². The largest absolute Gasteiger partial charge is 0.389 e. The van der Waals surface area contributed by atoms with Crippen molar-refractivity contribution in [2.24, 2.45) is 0 Å². The maximum Gasteiger partial charge on any atom is 0.389 e. The molecule has 0 aromatic carbocycles. The molecule has 0 fully saturated rings.